The lowest BCUT2D eigenvalue weighted by atomic mass is 10.0. The van der Waals surface area contributed by atoms with Crippen molar-refractivity contribution in [2.45, 2.75) is 32.4 Å². The van der Waals surface area contributed by atoms with E-state index in [2.05, 4.69) is 10.3 Å². The van der Waals surface area contributed by atoms with Crippen LogP contribution in [0.4, 0.5) is 5.69 Å². The molecule has 0 saturated carbocycles. The van der Waals surface area contributed by atoms with Crippen LogP contribution in [0.2, 0.25) is 0 Å². The van der Waals surface area contributed by atoms with E-state index >= 15 is 0 Å². The molecule has 0 bridgehead atoms. The number of fused-ring (bicyclic) bond motifs is 1. The molecule has 0 radical (unpaired) electrons. The Hall–Kier alpha value is -3.50. The number of amides is 3. The van der Waals surface area contributed by atoms with Crippen molar-refractivity contribution in [3.05, 3.63) is 53.9 Å². The fourth-order valence-corrected chi connectivity index (χ4v) is 4.28. The molecule has 1 aromatic heterocycles. The van der Waals surface area contributed by atoms with Gasteiger partial charge in [-0.15, -0.1) is 0 Å². The summed E-state index contributed by atoms with van der Waals surface area (Å²) in [4.78, 5) is 46.4. The Balaban J connectivity index is 1.93. The van der Waals surface area contributed by atoms with Gasteiger partial charge in [0.25, 0.3) is 5.91 Å². The molecule has 0 aliphatic carbocycles. The molecule has 37 heavy (non-hydrogen) atoms. The molecular formula is C27H36N4O6. The van der Waals surface area contributed by atoms with Gasteiger partial charge in [-0.1, -0.05) is 13.0 Å². The van der Waals surface area contributed by atoms with Crippen LogP contribution < -0.4 is 10.1 Å². The van der Waals surface area contributed by atoms with E-state index in [0.717, 1.165) is 0 Å². The van der Waals surface area contributed by atoms with Crippen molar-refractivity contribution in [2.24, 2.45) is 5.92 Å². The molecule has 0 fully saturated rings. The second-order valence-electron chi connectivity index (χ2n) is 9.33. The van der Waals surface area contributed by atoms with Gasteiger partial charge in [0.15, 0.2) is 0 Å². The highest BCUT2D eigenvalue weighted by Gasteiger charge is 2.30. The summed E-state index contributed by atoms with van der Waals surface area (Å²) in [5.41, 5.74) is 1.52. The molecule has 3 amide bonds. The van der Waals surface area contributed by atoms with E-state index in [1.54, 1.807) is 48.4 Å². The molecule has 0 saturated heterocycles. The quantitative estimate of drug-likeness (QED) is 0.632. The van der Waals surface area contributed by atoms with E-state index in [-0.39, 0.29) is 55.4 Å². The summed E-state index contributed by atoms with van der Waals surface area (Å²) < 4.78 is 16.7. The van der Waals surface area contributed by atoms with Gasteiger partial charge in [0.2, 0.25) is 11.8 Å². The largest absolute Gasteiger partial charge is 0.491 e. The van der Waals surface area contributed by atoms with Gasteiger partial charge in [0.05, 0.1) is 24.1 Å². The third kappa shape index (κ3) is 7.50. The van der Waals surface area contributed by atoms with Gasteiger partial charge in [-0.05, 0) is 31.2 Å². The molecule has 200 valence electrons. The molecule has 1 aromatic carbocycles. The molecular weight excluding hydrogens is 476 g/mol. The first-order valence-electron chi connectivity index (χ1n) is 12.3. The maximum absolute atomic E-state index is 13.4. The first-order valence-corrected chi connectivity index (χ1v) is 12.3. The summed E-state index contributed by atoms with van der Waals surface area (Å²) in [7, 11) is 4.75. The minimum atomic E-state index is -0.323. The highest BCUT2D eigenvalue weighted by atomic mass is 16.5. The summed E-state index contributed by atoms with van der Waals surface area (Å²) in [5, 5.41) is 2.73. The lowest BCUT2D eigenvalue weighted by molar-refractivity contribution is -0.134. The average molecular weight is 513 g/mol. The molecule has 3 rings (SSSR count). The topological polar surface area (TPSA) is 110 Å². The molecule has 10 nitrogen and oxygen atoms in total. The van der Waals surface area contributed by atoms with Crippen molar-refractivity contribution in [1.82, 2.24) is 14.8 Å². The average Bonchev–Trinajstić information content (AvgIpc) is 2.88. The number of carbonyl (C=O) groups excluding carboxylic acids is 3. The van der Waals surface area contributed by atoms with Crippen LogP contribution in [0.3, 0.4) is 0 Å². The molecule has 2 aromatic rings. The van der Waals surface area contributed by atoms with Crippen molar-refractivity contribution in [3.8, 4) is 5.75 Å². The number of aromatic nitrogens is 1. The van der Waals surface area contributed by atoms with E-state index < -0.39 is 0 Å². The highest BCUT2D eigenvalue weighted by Crippen LogP contribution is 2.27. The van der Waals surface area contributed by atoms with E-state index in [0.29, 0.717) is 35.8 Å². The van der Waals surface area contributed by atoms with Crippen molar-refractivity contribution in [2.75, 3.05) is 52.9 Å². The first kappa shape index (κ1) is 28.1. The monoisotopic (exact) mass is 512 g/mol. The van der Waals surface area contributed by atoms with Gasteiger partial charge in [-0.2, -0.15) is 0 Å². The number of nitrogens with zero attached hydrogens (tertiary/aromatic N) is 3. The molecule has 0 unspecified atom stereocenters. The third-order valence-electron chi connectivity index (χ3n) is 6.38. The third-order valence-corrected chi connectivity index (χ3v) is 6.38. The molecule has 10 heteroatoms. The van der Waals surface area contributed by atoms with Crippen molar-refractivity contribution < 1.29 is 28.6 Å². The second kappa shape index (κ2) is 13.2. The fraction of sp³-hybridized carbons (Fsp3) is 0.481. The Labute approximate surface area is 217 Å². The Morgan fingerprint density at radius 2 is 1.95 bits per heavy atom. The normalized spacial score (nSPS) is 20.8. The Morgan fingerprint density at radius 3 is 2.62 bits per heavy atom. The number of likely N-dealkylation sites (N-methyl/N-ethyl adjacent to an activating group) is 1. The summed E-state index contributed by atoms with van der Waals surface area (Å²) in [6.45, 7) is 4.73. The number of nitrogens with one attached hydrogen (secondary N) is 1. The van der Waals surface area contributed by atoms with E-state index in [1.807, 2.05) is 32.0 Å². The number of rotatable bonds is 6. The summed E-state index contributed by atoms with van der Waals surface area (Å²) in [6.07, 6.45) is 1.55. The van der Waals surface area contributed by atoms with Crippen LogP contribution in [0.1, 0.15) is 29.9 Å². The second-order valence-corrected chi connectivity index (χ2v) is 9.33. The SMILES string of the molecule is COCC(=O)Nc1ccc2c(c1)OC[C@H](C)N(C(=O)Cc1ccccn1)C[C@@H](C)[C@@H](OC)CN(C)C2=O. The fourth-order valence-electron chi connectivity index (χ4n) is 4.28. The zero-order valence-corrected chi connectivity index (χ0v) is 22.1. The molecule has 1 aliphatic heterocycles. The van der Waals surface area contributed by atoms with Gasteiger partial charge in [-0.25, -0.2) is 0 Å². The minimum Gasteiger partial charge on any atom is -0.491 e. The van der Waals surface area contributed by atoms with Crippen LogP contribution in [0.25, 0.3) is 0 Å². The summed E-state index contributed by atoms with van der Waals surface area (Å²) >= 11 is 0. The van der Waals surface area contributed by atoms with E-state index in [4.69, 9.17) is 14.2 Å². The Bertz CT molecular complexity index is 1080. The van der Waals surface area contributed by atoms with Crippen LogP contribution in [0.15, 0.2) is 42.6 Å². The maximum Gasteiger partial charge on any atom is 0.257 e. The first-order chi connectivity index (χ1) is 17.7. The predicted molar refractivity (Wildman–Crippen MR) is 138 cm³/mol. The zero-order valence-electron chi connectivity index (χ0n) is 22.1. The smallest absolute Gasteiger partial charge is 0.257 e. The molecule has 1 N–H and O–H groups in total. The van der Waals surface area contributed by atoms with Gasteiger partial charge < -0.3 is 29.3 Å². The van der Waals surface area contributed by atoms with Crippen molar-refractivity contribution >= 4 is 23.4 Å². The number of carbonyl (C=O) groups is 3. The lowest BCUT2D eigenvalue weighted by Gasteiger charge is -2.36. The number of benzene rings is 1. The maximum atomic E-state index is 13.4. The molecule has 1 aliphatic rings. The number of ether oxygens (including phenoxy) is 3. The number of pyridine rings is 1. The summed E-state index contributed by atoms with van der Waals surface area (Å²) in [6, 6.07) is 10.1. The summed E-state index contributed by atoms with van der Waals surface area (Å²) in [5.74, 6) is -0.351. The standard InChI is InChI=1S/C27H36N4O6/c1-18-14-31(26(33)13-20-8-6-7-11-28-20)19(2)16-37-23-12-21(29-25(32)17-35-4)9-10-22(23)27(34)30(3)15-24(18)36-5/h6-12,18-19,24H,13-17H2,1-5H3,(H,29,32)/t18-,19+,24+/m1/s1. The Kier molecular flexibility index (Phi) is 9.99. The van der Waals surface area contributed by atoms with Gasteiger partial charge in [-0.3, -0.25) is 19.4 Å². The molecule has 2 heterocycles. The van der Waals surface area contributed by atoms with Crippen molar-refractivity contribution in [1.29, 1.82) is 0 Å². The van der Waals surface area contributed by atoms with Crippen LogP contribution >= 0.6 is 0 Å². The minimum absolute atomic E-state index is 0.0485. The van der Waals surface area contributed by atoms with Crippen molar-refractivity contribution in [3.63, 3.8) is 0 Å². The van der Waals surface area contributed by atoms with Crippen LogP contribution in [0.5, 0.6) is 5.75 Å². The van der Waals surface area contributed by atoms with Gasteiger partial charge >= 0.3 is 0 Å². The predicted octanol–water partition coefficient (Wildman–Crippen LogP) is 2.24. The van der Waals surface area contributed by atoms with Gasteiger partial charge in [0.1, 0.15) is 19.0 Å². The number of hydrogen-bond donors (Lipinski definition) is 1. The highest BCUT2D eigenvalue weighted by molar-refractivity contribution is 5.98. The van der Waals surface area contributed by atoms with Crippen LogP contribution in [-0.2, 0) is 25.5 Å². The van der Waals surface area contributed by atoms with Gasteiger partial charge in [0, 0.05) is 63.9 Å². The Morgan fingerprint density at radius 1 is 1.16 bits per heavy atom. The number of methoxy groups -OCH3 is 2. The zero-order chi connectivity index (χ0) is 26.9. The number of hydrogen-bond acceptors (Lipinski definition) is 7. The molecule has 0 spiro atoms. The van der Waals surface area contributed by atoms with Crippen LogP contribution in [0, 0.1) is 5.92 Å². The molecule has 3 atom stereocenters. The van der Waals surface area contributed by atoms with E-state index in [1.165, 1.54) is 7.11 Å². The number of anilines is 1. The van der Waals surface area contributed by atoms with E-state index in [9.17, 15) is 14.4 Å². The van der Waals surface area contributed by atoms with Crippen LogP contribution in [-0.4, -0.2) is 92.2 Å². The lowest BCUT2D eigenvalue weighted by Crippen LogP contribution is -2.49.